The van der Waals surface area contributed by atoms with Gasteiger partial charge < -0.3 is 4.90 Å². The Morgan fingerprint density at radius 2 is 1.39 bits per heavy atom. The largest absolute Gasteiger partial charge is 0.360 e. The Hall–Kier alpha value is -1.90. The number of aryl methyl sites for hydroxylation is 2. The van der Waals surface area contributed by atoms with Crippen molar-refractivity contribution in [1.82, 2.24) is 4.90 Å². The molecule has 1 rings (SSSR count). The fraction of sp³-hybridized carbons (Fsp3) is 0.667. The zero-order chi connectivity index (χ0) is 24.8. The molecule has 0 saturated carbocycles. The number of unbranched alkanes of at least 4 members (excludes halogenated alkanes) is 2. The molecule has 0 fully saturated rings. The van der Waals surface area contributed by atoms with Crippen molar-refractivity contribution >= 4 is 17.8 Å². The zero-order valence-corrected chi connectivity index (χ0v) is 22.8. The van der Waals surface area contributed by atoms with Gasteiger partial charge in [0.05, 0.1) is 5.70 Å². The van der Waals surface area contributed by atoms with Gasteiger partial charge in [0.15, 0.2) is 0 Å². The van der Waals surface area contributed by atoms with Crippen LogP contribution in [0.4, 0.5) is 0 Å². The molecule has 0 aromatic heterocycles. The summed E-state index contributed by atoms with van der Waals surface area (Å²) in [6.07, 6.45) is 11.0. The molecule has 2 unspecified atom stereocenters. The fourth-order valence-electron chi connectivity index (χ4n) is 4.61. The van der Waals surface area contributed by atoms with Gasteiger partial charge >= 0.3 is 0 Å². The number of amidine groups is 1. The van der Waals surface area contributed by atoms with Gasteiger partial charge in [-0.15, -0.1) is 0 Å². The summed E-state index contributed by atoms with van der Waals surface area (Å²) in [7, 11) is 0. The molecule has 1 aromatic carbocycles. The molecule has 3 heteroatoms. The quantitative estimate of drug-likeness (QED) is 0.115. The molecule has 0 aliphatic rings. The van der Waals surface area contributed by atoms with Crippen molar-refractivity contribution in [2.24, 2.45) is 16.8 Å². The molecule has 33 heavy (non-hydrogen) atoms. The number of hydrogen-bond acceptors (Lipinski definition) is 2. The second kappa shape index (κ2) is 15.9. The second-order valence-electron chi connectivity index (χ2n) is 9.81. The maximum atomic E-state index is 11.8. The first-order chi connectivity index (χ1) is 15.8. The SMILES string of the molecule is CCCCC(CC)CN(CC(CC)CCCC)C(C)=N/C(=C(\C)C=O)c1c(C)cccc1C. The molecule has 0 spiro atoms. The standard InChI is InChI=1S/C30H50N2O/c1-9-13-18-27(11-3)20-32(21-28(12-4)19-14-10-2)26(8)31-30(25(7)22-33)29-23(5)16-15-17-24(29)6/h15-17,22,27-28H,9-14,18-21H2,1-8H3/b30-25+,31-26?. The van der Waals surface area contributed by atoms with Gasteiger partial charge in [-0.2, -0.15) is 0 Å². The molecule has 3 nitrogen and oxygen atoms in total. The summed E-state index contributed by atoms with van der Waals surface area (Å²) in [4.78, 5) is 19.5. The minimum Gasteiger partial charge on any atom is -0.360 e. The summed E-state index contributed by atoms with van der Waals surface area (Å²) in [5.41, 5.74) is 4.95. The van der Waals surface area contributed by atoms with Crippen molar-refractivity contribution in [1.29, 1.82) is 0 Å². The third-order valence-corrected chi connectivity index (χ3v) is 7.04. The molecule has 0 aliphatic heterocycles. The van der Waals surface area contributed by atoms with Crippen molar-refractivity contribution in [2.75, 3.05) is 13.1 Å². The first kappa shape index (κ1) is 29.1. The van der Waals surface area contributed by atoms with Crippen LogP contribution in [0.5, 0.6) is 0 Å². The lowest BCUT2D eigenvalue weighted by molar-refractivity contribution is -0.104. The Labute approximate surface area is 204 Å². The van der Waals surface area contributed by atoms with Crippen molar-refractivity contribution in [3.63, 3.8) is 0 Å². The number of benzene rings is 1. The van der Waals surface area contributed by atoms with Crippen LogP contribution in [0.15, 0.2) is 28.8 Å². The van der Waals surface area contributed by atoms with Crippen LogP contribution >= 0.6 is 0 Å². The molecule has 0 heterocycles. The van der Waals surface area contributed by atoms with Crippen LogP contribution in [0.3, 0.4) is 0 Å². The van der Waals surface area contributed by atoms with Crippen LogP contribution in [0.2, 0.25) is 0 Å². The summed E-state index contributed by atoms with van der Waals surface area (Å²) in [5, 5.41) is 0. The van der Waals surface area contributed by atoms with Gasteiger partial charge in [0.2, 0.25) is 0 Å². The monoisotopic (exact) mass is 454 g/mol. The molecule has 2 atom stereocenters. The van der Waals surface area contributed by atoms with E-state index in [4.69, 9.17) is 4.99 Å². The Morgan fingerprint density at radius 3 is 1.79 bits per heavy atom. The molecule has 0 N–H and O–H groups in total. The Morgan fingerprint density at radius 1 is 0.909 bits per heavy atom. The molecule has 1 aromatic rings. The number of carbonyl (C=O) groups is 1. The second-order valence-corrected chi connectivity index (χ2v) is 9.81. The van der Waals surface area contributed by atoms with Crippen LogP contribution in [0.25, 0.3) is 5.70 Å². The molecule has 0 amide bonds. The third kappa shape index (κ3) is 9.47. The van der Waals surface area contributed by atoms with Gasteiger partial charge in [-0.1, -0.05) is 84.4 Å². The number of rotatable bonds is 15. The average Bonchev–Trinajstić information content (AvgIpc) is 2.81. The highest BCUT2D eigenvalue weighted by Gasteiger charge is 2.20. The zero-order valence-electron chi connectivity index (χ0n) is 22.8. The van der Waals surface area contributed by atoms with E-state index >= 15 is 0 Å². The first-order valence-electron chi connectivity index (χ1n) is 13.3. The lowest BCUT2D eigenvalue weighted by Gasteiger charge is -2.32. The molecule has 0 bridgehead atoms. The Kier molecular flexibility index (Phi) is 14.0. The summed E-state index contributed by atoms with van der Waals surface area (Å²) < 4.78 is 0. The maximum Gasteiger partial charge on any atom is 0.147 e. The predicted octanol–water partition coefficient (Wildman–Crippen LogP) is 8.39. The van der Waals surface area contributed by atoms with Crippen LogP contribution in [-0.4, -0.2) is 30.1 Å². The van der Waals surface area contributed by atoms with E-state index in [0.29, 0.717) is 17.4 Å². The average molecular weight is 455 g/mol. The normalized spacial score (nSPS) is 14.6. The number of carbonyl (C=O) groups excluding carboxylic acids is 1. The number of allylic oxidation sites excluding steroid dienone is 1. The third-order valence-electron chi connectivity index (χ3n) is 7.04. The highest BCUT2D eigenvalue weighted by molar-refractivity contribution is 5.94. The van der Waals surface area contributed by atoms with Crippen LogP contribution < -0.4 is 0 Å². The van der Waals surface area contributed by atoms with Crippen molar-refractivity contribution in [3.8, 4) is 0 Å². The highest BCUT2D eigenvalue weighted by Crippen LogP contribution is 2.28. The number of aliphatic imine (C=N–C) groups is 1. The minimum atomic E-state index is 0.679. The summed E-state index contributed by atoms with van der Waals surface area (Å²) >= 11 is 0. The van der Waals surface area contributed by atoms with E-state index in [2.05, 4.69) is 71.6 Å². The van der Waals surface area contributed by atoms with E-state index in [9.17, 15) is 4.79 Å². The number of aldehydes is 1. The Balaban J connectivity index is 3.40. The lowest BCUT2D eigenvalue weighted by atomic mass is 9.95. The first-order valence-corrected chi connectivity index (χ1v) is 13.3. The van der Waals surface area contributed by atoms with Gasteiger partial charge in [0.1, 0.15) is 12.1 Å². The van der Waals surface area contributed by atoms with Crippen molar-refractivity contribution in [3.05, 3.63) is 40.5 Å². The van der Waals surface area contributed by atoms with Gasteiger partial charge in [-0.05, 0) is 63.5 Å². The summed E-state index contributed by atoms with van der Waals surface area (Å²) in [6, 6.07) is 6.29. The molecule has 0 aliphatic carbocycles. The van der Waals surface area contributed by atoms with E-state index in [1.807, 2.05) is 6.92 Å². The van der Waals surface area contributed by atoms with Crippen LogP contribution in [0.1, 0.15) is 110 Å². The predicted molar refractivity (Wildman–Crippen MR) is 146 cm³/mol. The topological polar surface area (TPSA) is 32.7 Å². The van der Waals surface area contributed by atoms with Gasteiger partial charge in [-0.25, -0.2) is 4.99 Å². The van der Waals surface area contributed by atoms with Crippen molar-refractivity contribution < 1.29 is 4.79 Å². The van der Waals surface area contributed by atoms with E-state index in [1.54, 1.807) is 0 Å². The van der Waals surface area contributed by atoms with Crippen LogP contribution in [-0.2, 0) is 4.79 Å². The summed E-state index contributed by atoms with van der Waals surface area (Å²) in [5.74, 6) is 2.40. The van der Waals surface area contributed by atoms with E-state index in [1.165, 1.54) is 51.4 Å². The number of nitrogens with zero attached hydrogens (tertiary/aromatic N) is 2. The molecule has 0 radical (unpaired) electrons. The van der Waals surface area contributed by atoms with Gasteiger partial charge in [0.25, 0.3) is 0 Å². The highest BCUT2D eigenvalue weighted by atomic mass is 16.1. The number of hydrogen-bond donors (Lipinski definition) is 0. The fourth-order valence-corrected chi connectivity index (χ4v) is 4.61. The lowest BCUT2D eigenvalue weighted by Crippen LogP contribution is -2.37. The molecule has 0 saturated heterocycles. The van der Waals surface area contributed by atoms with Gasteiger partial charge in [0, 0.05) is 24.2 Å². The maximum absolute atomic E-state index is 11.8. The van der Waals surface area contributed by atoms with E-state index < -0.39 is 0 Å². The van der Waals surface area contributed by atoms with E-state index in [-0.39, 0.29) is 0 Å². The smallest absolute Gasteiger partial charge is 0.147 e. The van der Waals surface area contributed by atoms with E-state index in [0.717, 1.165) is 47.6 Å². The summed E-state index contributed by atoms with van der Waals surface area (Å²) in [6.45, 7) is 19.5. The van der Waals surface area contributed by atoms with Crippen LogP contribution in [0, 0.1) is 25.7 Å². The molecular weight excluding hydrogens is 404 g/mol. The minimum absolute atomic E-state index is 0.679. The van der Waals surface area contributed by atoms with Gasteiger partial charge in [-0.3, -0.25) is 4.79 Å². The van der Waals surface area contributed by atoms with Crippen molar-refractivity contribution in [2.45, 2.75) is 107 Å². The molecule has 186 valence electrons. The molecular formula is C30H50N2O. The Bertz CT molecular complexity index is 739.